The minimum atomic E-state index is -0.895. The number of carbonyl (C=O) groups excluding carboxylic acids is 1. The van der Waals surface area contributed by atoms with Crippen molar-refractivity contribution in [3.8, 4) is 0 Å². The first-order chi connectivity index (χ1) is 11.6. The van der Waals surface area contributed by atoms with Gasteiger partial charge >= 0.3 is 7.12 Å². The summed E-state index contributed by atoms with van der Waals surface area (Å²) in [6, 6.07) is 13.0. The van der Waals surface area contributed by atoms with Gasteiger partial charge in [0, 0.05) is 12.0 Å². The molecule has 0 saturated heterocycles. The second-order valence-corrected chi connectivity index (χ2v) is 7.08. The first kappa shape index (κ1) is 15.9. The summed E-state index contributed by atoms with van der Waals surface area (Å²) in [5.41, 5.74) is 2.97. The van der Waals surface area contributed by atoms with Crippen LogP contribution in [0.3, 0.4) is 0 Å². The van der Waals surface area contributed by atoms with Crippen LogP contribution >= 0.6 is 11.6 Å². The van der Waals surface area contributed by atoms with Crippen molar-refractivity contribution in [3.05, 3.63) is 64.2 Å². The maximum absolute atomic E-state index is 12.5. The van der Waals surface area contributed by atoms with Crippen LogP contribution < -0.4 is 5.46 Å². The van der Waals surface area contributed by atoms with Gasteiger partial charge in [-0.15, -0.1) is 0 Å². The fraction of sp³-hybridized carbons (Fsp3) is 0.316. The summed E-state index contributed by atoms with van der Waals surface area (Å²) in [5.74, 6) is -0.0236. The van der Waals surface area contributed by atoms with Gasteiger partial charge < -0.3 is 9.68 Å². The van der Waals surface area contributed by atoms with Gasteiger partial charge in [-0.2, -0.15) is 0 Å². The topological polar surface area (TPSA) is 46.5 Å². The highest BCUT2D eigenvalue weighted by Crippen LogP contribution is 2.44. The van der Waals surface area contributed by atoms with E-state index in [1.807, 2.05) is 30.3 Å². The average Bonchev–Trinajstić information content (AvgIpc) is 3.14. The van der Waals surface area contributed by atoms with Crippen LogP contribution in [0, 0.1) is 0 Å². The van der Waals surface area contributed by atoms with Crippen LogP contribution in [-0.4, -0.2) is 17.9 Å². The molecule has 2 aromatic rings. The van der Waals surface area contributed by atoms with Crippen molar-refractivity contribution in [1.82, 2.24) is 0 Å². The van der Waals surface area contributed by atoms with Crippen LogP contribution in [0.25, 0.3) is 0 Å². The highest BCUT2D eigenvalue weighted by Gasteiger charge is 2.48. The van der Waals surface area contributed by atoms with Crippen molar-refractivity contribution in [2.45, 2.75) is 37.7 Å². The number of ketones is 1. The smallest absolute Gasteiger partial charge is 0.423 e. The summed E-state index contributed by atoms with van der Waals surface area (Å²) >= 11 is 6.10. The van der Waals surface area contributed by atoms with Crippen molar-refractivity contribution >= 4 is 30.0 Å². The molecular formula is C19H18BClO3. The number of hydrogen-bond acceptors (Lipinski definition) is 3. The summed E-state index contributed by atoms with van der Waals surface area (Å²) in [6.07, 6.45) is 4.42. The lowest BCUT2D eigenvalue weighted by Crippen LogP contribution is -2.29. The SMILES string of the molecule is O=C(Cc1ccc2c(c1)B(O)OC21CCCC1)c1ccccc1Cl. The van der Waals surface area contributed by atoms with E-state index in [0.29, 0.717) is 10.6 Å². The molecule has 1 heterocycles. The Labute approximate surface area is 146 Å². The molecule has 1 N–H and O–H groups in total. The van der Waals surface area contributed by atoms with E-state index >= 15 is 0 Å². The summed E-state index contributed by atoms with van der Waals surface area (Å²) in [6.45, 7) is 0. The van der Waals surface area contributed by atoms with Crippen LogP contribution in [0.5, 0.6) is 0 Å². The van der Waals surface area contributed by atoms with Crippen molar-refractivity contribution in [3.63, 3.8) is 0 Å². The molecule has 1 saturated carbocycles. The third kappa shape index (κ3) is 2.59. The van der Waals surface area contributed by atoms with Crippen LogP contribution in [0.2, 0.25) is 5.02 Å². The maximum Gasteiger partial charge on any atom is 0.492 e. The van der Waals surface area contributed by atoms with Gasteiger partial charge in [-0.1, -0.05) is 54.8 Å². The molecule has 0 bridgehead atoms. The summed E-state index contributed by atoms with van der Waals surface area (Å²) in [4.78, 5) is 12.5. The average molecular weight is 341 g/mol. The third-order valence-corrected chi connectivity index (χ3v) is 5.49. The molecule has 3 nitrogen and oxygen atoms in total. The lowest BCUT2D eigenvalue weighted by atomic mass is 9.76. The summed E-state index contributed by atoms with van der Waals surface area (Å²) in [7, 11) is -0.895. The molecule has 1 fully saturated rings. The van der Waals surface area contributed by atoms with E-state index in [-0.39, 0.29) is 17.8 Å². The number of rotatable bonds is 3. The first-order valence-corrected chi connectivity index (χ1v) is 8.74. The predicted octanol–water partition coefficient (Wildman–Crippen LogP) is 3.25. The molecule has 24 heavy (non-hydrogen) atoms. The van der Waals surface area contributed by atoms with Gasteiger partial charge in [0.05, 0.1) is 10.6 Å². The highest BCUT2D eigenvalue weighted by molar-refractivity contribution is 6.62. The molecule has 0 aromatic heterocycles. The minimum Gasteiger partial charge on any atom is -0.423 e. The van der Waals surface area contributed by atoms with E-state index in [4.69, 9.17) is 16.3 Å². The molecular weight excluding hydrogens is 322 g/mol. The van der Waals surface area contributed by atoms with Crippen molar-refractivity contribution < 1.29 is 14.5 Å². The van der Waals surface area contributed by atoms with Crippen LogP contribution in [0.4, 0.5) is 0 Å². The summed E-state index contributed by atoms with van der Waals surface area (Å²) < 4.78 is 5.89. The molecule has 1 spiro atoms. The van der Waals surface area contributed by atoms with Crippen molar-refractivity contribution in [1.29, 1.82) is 0 Å². The lowest BCUT2D eigenvalue weighted by Gasteiger charge is -2.24. The van der Waals surface area contributed by atoms with E-state index in [0.717, 1.165) is 42.3 Å². The van der Waals surface area contributed by atoms with Crippen molar-refractivity contribution in [2.24, 2.45) is 0 Å². The fourth-order valence-corrected chi connectivity index (χ4v) is 4.22. The molecule has 1 aliphatic heterocycles. The molecule has 0 unspecified atom stereocenters. The molecule has 1 aliphatic carbocycles. The number of fused-ring (bicyclic) bond motifs is 2. The zero-order valence-corrected chi connectivity index (χ0v) is 14.1. The molecule has 0 radical (unpaired) electrons. The molecule has 0 amide bonds. The Bertz CT molecular complexity index is 799. The maximum atomic E-state index is 12.5. The molecule has 2 aromatic carbocycles. The van der Waals surface area contributed by atoms with Gasteiger partial charge in [0.1, 0.15) is 0 Å². The van der Waals surface area contributed by atoms with Gasteiger partial charge in [0.2, 0.25) is 0 Å². The second-order valence-electron chi connectivity index (χ2n) is 6.67. The Kier molecular flexibility index (Phi) is 3.99. The molecule has 122 valence electrons. The Morgan fingerprint density at radius 1 is 1.21 bits per heavy atom. The van der Waals surface area contributed by atoms with Gasteiger partial charge in [0.25, 0.3) is 0 Å². The predicted molar refractivity (Wildman–Crippen MR) is 94.8 cm³/mol. The number of hydrogen-bond donors (Lipinski definition) is 1. The third-order valence-electron chi connectivity index (χ3n) is 5.16. The van der Waals surface area contributed by atoms with E-state index in [1.165, 1.54) is 0 Å². The van der Waals surface area contributed by atoms with Gasteiger partial charge in [-0.05, 0) is 41.6 Å². The lowest BCUT2D eigenvalue weighted by molar-refractivity contribution is 0.0679. The van der Waals surface area contributed by atoms with E-state index in [2.05, 4.69) is 0 Å². The fourth-order valence-electron chi connectivity index (χ4n) is 3.98. The highest BCUT2D eigenvalue weighted by atomic mass is 35.5. The number of benzene rings is 2. The molecule has 5 heteroatoms. The number of halogens is 1. The van der Waals surface area contributed by atoms with E-state index in [9.17, 15) is 9.82 Å². The van der Waals surface area contributed by atoms with Gasteiger partial charge in [0.15, 0.2) is 5.78 Å². The van der Waals surface area contributed by atoms with Crippen LogP contribution in [0.1, 0.15) is 47.2 Å². The molecule has 4 rings (SSSR count). The number of carbonyl (C=O) groups is 1. The largest absolute Gasteiger partial charge is 0.492 e. The Morgan fingerprint density at radius 2 is 1.96 bits per heavy atom. The number of Topliss-reactive ketones (excluding diaryl/α,β-unsaturated/α-hetero) is 1. The van der Waals surface area contributed by atoms with E-state index in [1.54, 1.807) is 12.1 Å². The molecule has 2 aliphatic rings. The normalized spacial score (nSPS) is 18.2. The zero-order chi connectivity index (χ0) is 16.7. The minimum absolute atomic E-state index is 0.0236. The van der Waals surface area contributed by atoms with Crippen molar-refractivity contribution in [2.75, 3.05) is 0 Å². The second kappa shape index (κ2) is 6.03. The van der Waals surface area contributed by atoms with E-state index < -0.39 is 7.12 Å². The summed E-state index contributed by atoms with van der Waals surface area (Å²) in [5, 5.41) is 10.8. The Hall–Kier alpha value is -1.62. The molecule has 0 atom stereocenters. The van der Waals surface area contributed by atoms with Gasteiger partial charge in [-0.25, -0.2) is 0 Å². The standard InChI is InChI=1S/C19H18BClO3/c21-17-6-2-1-5-14(17)18(22)12-13-7-8-15-16(11-13)20(23)24-19(15)9-3-4-10-19/h1-2,5-8,11,23H,3-4,9-10,12H2. The monoisotopic (exact) mass is 340 g/mol. The van der Waals surface area contributed by atoms with Crippen LogP contribution in [-0.2, 0) is 16.7 Å². The van der Waals surface area contributed by atoms with Gasteiger partial charge in [-0.3, -0.25) is 4.79 Å². The Morgan fingerprint density at radius 3 is 2.71 bits per heavy atom. The quantitative estimate of drug-likeness (QED) is 0.689. The van der Waals surface area contributed by atoms with Crippen LogP contribution in [0.15, 0.2) is 42.5 Å². The Balaban J connectivity index is 1.62. The zero-order valence-electron chi connectivity index (χ0n) is 13.3. The first-order valence-electron chi connectivity index (χ1n) is 8.36.